The fraction of sp³-hybridized carbons (Fsp3) is 0.684. The highest BCUT2D eigenvalue weighted by molar-refractivity contribution is 5.83. The highest BCUT2D eigenvalue weighted by Crippen LogP contribution is 2.45. The van der Waals surface area contributed by atoms with Gasteiger partial charge in [0.15, 0.2) is 0 Å². The number of carbonyl (C=O) groups is 1. The fourth-order valence-electron chi connectivity index (χ4n) is 4.30. The van der Waals surface area contributed by atoms with Crippen LogP contribution in [0.2, 0.25) is 0 Å². The van der Waals surface area contributed by atoms with Gasteiger partial charge in [0.25, 0.3) is 0 Å². The van der Waals surface area contributed by atoms with E-state index in [1.165, 1.54) is 6.20 Å². The number of piperazine rings is 1. The Morgan fingerprint density at radius 3 is 2.48 bits per heavy atom. The summed E-state index contributed by atoms with van der Waals surface area (Å²) in [4.78, 5) is 21.0. The maximum absolute atomic E-state index is 13.2. The first-order chi connectivity index (χ1) is 12.6. The molecular weight excluding hydrogens is 357 g/mol. The van der Waals surface area contributed by atoms with Crippen molar-refractivity contribution in [2.75, 3.05) is 31.1 Å². The Bertz CT molecular complexity index is 686. The molecule has 0 bridgehead atoms. The number of nitrogens with zero attached hydrogens (tertiary/aromatic N) is 3. The van der Waals surface area contributed by atoms with E-state index in [1.54, 1.807) is 4.90 Å². The third kappa shape index (κ3) is 3.90. The van der Waals surface area contributed by atoms with Gasteiger partial charge < -0.3 is 15.5 Å². The molecule has 2 heterocycles. The minimum absolute atomic E-state index is 0.0620. The highest BCUT2D eigenvalue weighted by atomic mass is 19.4. The molecule has 0 spiro atoms. The van der Waals surface area contributed by atoms with Gasteiger partial charge in [-0.1, -0.05) is 13.8 Å². The van der Waals surface area contributed by atoms with Crippen LogP contribution in [0.15, 0.2) is 18.3 Å². The van der Waals surface area contributed by atoms with Gasteiger partial charge in [0.2, 0.25) is 5.91 Å². The van der Waals surface area contributed by atoms with Crippen molar-refractivity contribution in [2.45, 2.75) is 45.3 Å². The van der Waals surface area contributed by atoms with Crippen LogP contribution < -0.4 is 10.6 Å². The number of amides is 1. The van der Waals surface area contributed by atoms with Crippen LogP contribution in [0.4, 0.5) is 19.0 Å². The van der Waals surface area contributed by atoms with Crippen LogP contribution in [0.5, 0.6) is 0 Å². The predicted molar refractivity (Wildman–Crippen MR) is 97.1 cm³/mol. The zero-order valence-electron chi connectivity index (χ0n) is 15.8. The largest absolute Gasteiger partial charge is 0.416 e. The molecule has 1 amide bonds. The molecule has 1 unspecified atom stereocenters. The molecular formula is C19H27F3N4O. The van der Waals surface area contributed by atoms with Gasteiger partial charge in [0.05, 0.1) is 11.0 Å². The highest BCUT2D eigenvalue weighted by Gasteiger charge is 2.48. The number of hydrogen-bond acceptors (Lipinski definition) is 4. The monoisotopic (exact) mass is 384 g/mol. The van der Waals surface area contributed by atoms with Gasteiger partial charge in [-0.25, -0.2) is 4.98 Å². The molecule has 2 aliphatic rings. The molecule has 27 heavy (non-hydrogen) atoms. The van der Waals surface area contributed by atoms with Crippen molar-refractivity contribution in [1.82, 2.24) is 9.88 Å². The minimum Gasteiger partial charge on any atom is -0.353 e. The van der Waals surface area contributed by atoms with E-state index in [1.807, 2.05) is 4.90 Å². The Balaban J connectivity index is 1.68. The first-order valence-corrected chi connectivity index (χ1v) is 9.46. The van der Waals surface area contributed by atoms with Gasteiger partial charge in [-0.3, -0.25) is 4.79 Å². The van der Waals surface area contributed by atoms with Gasteiger partial charge in [0, 0.05) is 38.4 Å². The van der Waals surface area contributed by atoms with E-state index in [4.69, 9.17) is 5.73 Å². The van der Waals surface area contributed by atoms with Gasteiger partial charge in [-0.05, 0) is 37.3 Å². The lowest BCUT2D eigenvalue weighted by atomic mass is 9.74. The molecule has 5 nitrogen and oxygen atoms in total. The molecule has 1 aromatic heterocycles. The number of alkyl halides is 3. The summed E-state index contributed by atoms with van der Waals surface area (Å²) in [7, 11) is 0. The van der Waals surface area contributed by atoms with Crippen molar-refractivity contribution in [3.63, 3.8) is 0 Å². The number of carbonyl (C=O) groups excluding carboxylic acids is 1. The number of aromatic nitrogens is 1. The summed E-state index contributed by atoms with van der Waals surface area (Å²) in [5.74, 6) is 0.655. The third-order valence-corrected chi connectivity index (χ3v) is 6.08. The fourth-order valence-corrected chi connectivity index (χ4v) is 4.30. The Morgan fingerprint density at radius 1 is 1.30 bits per heavy atom. The first kappa shape index (κ1) is 19.9. The zero-order chi connectivity index (χ0) is 19.8. The maximum atomic E-state index is 13.2. The number of pyridine rings is 1. The van der Waals surface area contributed by atoms with Gasteiger partial charge in [-0.2, -0.15) is 13.2 Å². The molecule has 0 radical (unpaired) electrons. The Labute approximate surface area is 157 Å². The van der Waals surface area contributed by atoms with Crippen molar-refractivity contribution in [1.29, 1.82) is 0 Å². The average Bonchev–Trinajstić information content (AvgIpc) is 3.04. The summed E-state index contributed by atoms with van der Waals surface area (Å²) in [5.41, 5.74) is 4.97. The molecule has 2 N–H and O–H groups in total. The van der Waals surface area contributed by atoms with Crippen molar-refractivity contribution >= 4 is 11.7 Å². The van der Waals surface area contributed by atoms with Crippen molar-refractivity contribution in [3.05, 3.63) is 23.9 Å². The van der Waals surface area contributed by atoms with E-state index < -0.39 is 17.2 Å². The maximum Gasteiger partial charge on any atom is 0.416 e. The number of halogens is 3. The Hall–Kier alpha value is -1.83. The lowest BCUT2D eigenvalue weighted by Crippen LogP contribution is -2.54. The van der Waals surface area contributed by atoms with Gasteiger partial charge >= 0.3 is 6.18 Å². The summed E-state index contributed by atoms with van der Waals surface area (Å²) < 4.78 is 38.7. The van der Waals surface area contributed by atoms with Crippen LogP contribution in [0.3, 0.4) is 0 Å². The molecule has 1 aromatic rings. The quantitative estimate of drug-likeness (QED) is 0.871. The average molecular weight is 384 g/mol. The number of nitrogens with two attached hydrogens (primary N) is 1. The molecule has 0 aromatic carbocycles. The predicted octanol–water partition coefficient (Wildman–Crippen LogP) is 2.90. The summed E-state index contributed by atoms with van der Waals surface area (Å²) in [6.07, 6.45) is -0.833. The zero-order valence-corrected chi connectivity index (χ0v) is 15.8. The minimum atomic E-state index is -4.39. The van der Waals surface area contributed by atoms with E-state index in [-0.39, 0.29) is 17.9 Å². The molecule has 1 aliphatic carbocycles. The third-order valence-electron chi connectivity index (χ3n) is 6.08. The van der Waals surface area contributed by atoms with Crippen LogP contribution >= 0.6 is 0 Å². The second-order valence-electron chi connectivity index (χ2n) is 7.99. The number of anilines is 1. The Morgan fingerprint density at radius 2 is 1.96 bits per heavy atom. The summed E-state index contributed by atoms with van der Waals surface area (Å²) in [6.45, 7) is 6.05. The van der Waals surface area contributed by atoms with Crippen molar-refractivity contribution in [2.24, 2.45) is 17.1 Å². The molecule has 3 rings (SSSR count). The van der Waals surface area contributed by atoms with Crippen molar-refractivity contribution in [3.8, 4) is 0 Å². The van der Waals surface area contributed by atoms with Crippen LogP contribution in [-0.4, -0.2) is 48.0 Å². The summed E-state index contributed by atoms with van der Waals surface area (Å²) >= 11 is 0. The van der Waals surface area contributed by atoms with Crippen LogP contribution in [0, 0.1) is 11.3 Å². The molecule has 2 fully saturated rings. The molecule has 1 saturated heterocycles. The van der Waals surface area contributed by atoms with E-state index in [9.17, 15) is 18.0 Å². The van der Waals surface area contributed by atoms with Gasteiger partial charge in [0.1, 0.15) is 5.82 Å². The summed E-state index contributed by atoms with van der Waals surface area (Å²) in [5, 5.41) is 0. The lowest BCUT2D eigenvalue weighted by Gasteiger charge is -2.42. The molecule has 8 heteroatoms. The topological polar surface area (TPSA) is 62.5 Å². The second kappa shape index (κ2) is 7.30. The van der Waals surface area contributed by atoms with Crippen molar-refractivity contribution < 1.29 is 18.0 Å². The number of hydrogen-bond donors (Lipinski definition) is 1. The molecule has 1 aliphatic heterocycles. The van der Waals surface area contributed by atoms with E-state index in [2.05, 4.69) is 18.8 Å². The normalized spacial score (nSPS) is 26.7. The van der Waals surface area contributed by atoms with E-state index in [0.29, 0.717) is 38.4 Å². The van der Waals surface area contributed by atoms with E-state index >= 15 is 0 Å². The molecule has 2 atom stereocenters. The second-order valence-corrected chi connectivity index (χ2v) is 7.99. The standard InChI is InChI=1S/C19H27F3N4O/c1-13(2)18(5-3-15(23)12-18)17(27)26-9-7-25(8-10-26)16-11-14(4-6-24-16)19(20,21)22/h4,6,11,13,15H,3,5,7-10,12,23H2,1-2H3/t15?,18-/m0/s1. The SMILES string of the molecule is CC(C)[C@]1(C(=O)N2CCN(c3cc(C(F)(F)F)ccn3)CC2)CCC(N)C1. The lowest BCUT2D eigenvalue weighted by molar-refractivity contribution is -0.145. The molecule has 1 saturated carbocycles. The Kier molecular flexibility index (Phi) is 5.38. The van der Waals surface area contributed by atoms with Crippen LogP contribution in [0.25, 0.3) is 0 Å². The first-order valence-electron chi connectivity index (χ1n) is 9.46. The molecule has 150 valence electrons. The number of rotatable bonds is 3. The smallest absolute Gasteiger partial charge is 0.353 e. The van der Waals surface area contributed by atoms with Gasteiger partial charge in [-0.15, -0.1) is 0 Å². The van der Waals surface area contributed by atoms with E-state index in [0.717, 1.165) is 25.0 Å². The van der Waals surface area contributed by atoms with Crippen LogP contribution in [0.1, 0.15) is 38.7 Å². The summed E-state index contributed by atoms with van der Waals surface area (Å²) in [6, 6.07) is 2.11. The van der Waals surface area contributed by atoms with Crippen LogP contribution in [-0.2, 0) is 11.0 Å².